The van der Waals surface area contributed by atoms with E-state index in [9.17, 15) is 4.79 Å². The summed E-state index contributed by atoms with van der Waals surface area (Å²) in [5, 5.41) is 12.5. The highest BCUT2D eigenvalue weighted by Gasteiger charge is 2.13. The number of nitrogens with zero attached hydrogens (tertiary/aromatic N) is 2. The molecule has 5 nitrogen and oxygen atoms in total. The van der Waals surface area contributed by atoms with Crippen LogP contribution < -0.4 is 0 Å². The highest BCUT2D eigenvalue weighted by Crippen LogP contribution is 2.11. The van der Waals surface area contributed by atoms with Gasteiger partial charge in [0, 0.05) is 11.6 Å². The van der Waals surface area contributed by atoms with Crippen LogP contribution in [-0.2, 0) is 11.3 Å². The molecule has 0 radical (unpaired) electrons. The fourth-order valence-electron chi connectivity index (χ4n) is 1.43. The van der Waals surface area contributed by atoms with E-state index in [4.69, 9.17) is 14.5 Å². The predicted molar refractivity (Wildman–Crippen MR) is 61.5 cm³/mol. The monoisotopic (exact) mass is 242 g/mol. The number of carbonyl (C=O) groups is 1. The minimum absolute atomic E-state index is 0.0301. The molecule has 0 spiro atoms. The lowest BCUT2D eigenvalue weighted by Gasteiger charge is -2.03. The molecule has 0 N–H and O–H groups in total. The molecule has 0 aliphatic rings. The van der Waals surface area contributed by atoms with Crippen molar-refractivity contribution in [1.82, 2.24) is 5.16 Å². The van der Waals surface area contributed by atoms with Gasteiger partial charge in [-0.05, 0) is 13.0 Å². The number of benzene rings is 1. The lowest BCUT2D eigenvalue weighted by atomic mass is 10.1. The molecular formula is C13H10N2O3. The minimum Gasteiger partial charge on any atom is -0.455 e. The van der Waals surface area contributed by atoms with Gasteiger partial charge in [-0.1, -0.05) is 23.4 Å². The van der Waals surface area contributed by atoms with Gasteiger partial charge in [0.05, 0.1) is 17.3 Å². The molecule has 0 aliphatic carbocycles. The van der Waals surface area contributed by atoms with Crippen molar-refractivity contribution in [3.05, 3.63) is 52.9 Å². The Kier molecular flexibility index (Phi) is 3.39. The average molecular weight is 242 g/mol. The number of aryl methyl sites for hydroxylation is 1. The number of rotatable bonds is 3. The van der Waals surface area contributed by atoms with Gasteiger partial charge in [0.25, 0.3) is 0 Å². The summed E-state index contributed by atoms with van der Waals surface area (Å²) in [6.45, 7) is 1.74. The highest BCUT2D eigenvalue weighted by molar-refractivity contribution is 5.86. The smallest absolute Gasteiger partial charge is 0.377 e. The topological polar surface area (TPSA) is 76.1 Å². The van der Waals surface area contributed by atoms with Gasteiger partial charge in [0.1, 0.15) is 6.61 Å². The van der Waals surface area contributed by atoms with E-state index >= 15 is 0 Å². The molecule has 0 fully saturated rings. The van der Waals surface area contributed by atoms with Crippen molar-refractivity contribution < 1.29 is 14.1 Å². The molecule has 2 aromatic rings. The van der Waals surface area contributed by atoms with E-state index in [1.54, 1.807) is 31.2 Å². The Bertz CT molecular complexity index is 611. The molecule has 0 bridgehead atoms. The first kappa shape index (κ1) is 11.9. The number of esters is 1. The van der Waals surface area contributed by atoms with E-state index in [1.165, 1.54) is 6.07 Å². The molecule has 2 rings (SSSR count). The summed E-state index contributed by atoms with van der Waals surface area (Å²) >= 11 is 0. The Morgan fingerprint density at radius 3 is 2.94 bits per heavy atom. The Balaban J connectivity index is 2.04. The second kappa shape index (κ2) is 5.15. The van der Waals surface area contributed by atoms with Crippen LogP contribution in [0.15, 0.2) is 34.9 Å². The summed E-state index contributed by atoms with van der Waals surface area (Å²) in [5.41, 5.74) is 1.75. The van der Waals surface area contributed by atoms with Crippen LogP contribution in [0.5, 0.6) is 0 Å². The lowest BCUT2D eigenvalue weighted by Crippen LogP contribution is -2.05. The molecule has 0 aliphatic heterocycles. The van der Waals surface area contributed by atoms with Crippen molar-refractivity contribution in [3.8, 4) is 6.07 Å². The SMILES string of the molecule is Cc1cc(C(=O)OCc2ccccc2C#N)on1. The van der Waals surface area contributed by atoms with E-state index in [-0.39, 0.29) is 12.4 Å². The van der Waals surface area contributed by atoms with Crippen LogP contribution in [0.2, 0.25) is 0 Å². The van der Waals surface area contributed by atoms with Crippen LogP contribution in [0.3, 0.4) is 0 Å². The number of nitriles is 1. The van der Waals surface area contributed by atoms with Crippen LogP contribution in [0.25, 0.3) is 0 Å². The maximum Gasteiger partial charge on any atom is 0.377 e. The van der Waals surface area contributed by atoms with E-state index in [2.05, 4.69) is 5.16 Å². The van der Waals surface area contributed by atoms with Gasteiger partial charge < -0.3 is 9.26 Å². The van der Waals surface area contributed by atoms with Crippen molar-refractivity contribution in [2.24, 2.45) is 0 Å². The van der Waals surface area contributed by atoms with Crippen LogP contribution in [0.1, 0.15) is 27.4 Å². The summed E-state index contributed by atoms with van der Waals surface area (Å²) in [7, 11) is 0. The summed E-state index contributed by atoms with van der Waals surface area (Å²) in [5.74, 6) is -0.537. The van der Waals surface area contributed by atoms with Crippen molar-refractivity contribution in [1.29, 1.82) is 5.26 Å². The van der Waals surface area contributed by atoms with Gasteiger partial charge in [0.2, 0.25) is 5.76 Å². The fraction of sp³-hybridized carbons (Fsp3) is 0.154. The number of aromatic nitrogens is 1. The summed E-state index contributed by atoms with van der Waals surface area (Å²) in [6.07, 6.45) is 0. The van der Waals surface area contributed by atoms with Gasteiger partial charge >= 0.3 is 5.97 Å². The third-order valence-electron chi connectivity index (χ3n) is 2.33. The minimum atomic E-state index is -0.594. The quantitative estimate of drug-likeness (QED) is 0.771. The molecule has 18 heavy (non-hydrogen) atoms. The first-order valence-electron chi connectivity index (χ1n) is 5.29. The molecule has 0 atom stereocenters. The molecule has 0 amide bonds. The second-order valence-electron chi connectivity index (χ2n) is 3.68. The maximum atomic E-state index is 11.6. The van der Waals surface area contributed by atoms with Crippen LogP contribution in [0.4, 0.5) is 0 Å². The van der Waals surface area contributed by atoms with Crippen molar-refractivity contribution in [2.75, 3.05) is 0 Å². The highest BCUT2D eigenvalue weighted by atomic mass is 16.6. The average Bonchev–Trinajstić information content (AvgIpc) is 2.83. The Labute approximate surface area is 104 Å². The van der Waals surface area contributed by atoms with E-state index in [0.717, 1.165) is 0 Å². The fourth-order valence-corrected chi connectivity index (χ4v) is 1.43. The lowest BCUT2D eigenvalue weighted by molar-refractivity contribution is 0.0425. The number of hydrogen-bond donors (Lipinski definition) is 0. The largest absolute Gasteiger partial charge is 0.455 e. The van der Waals surface area contributed by atoms with Gasteiger partial charge in [-0.3, -0.25) is 0 Å². The molecule has 5 heteroatoms. The molecule has 0 unspecified atom stereocenters. The second-order valence-corrected chi connectivity index (χ2v) is 3.68. The third kappa shape index (κ3) is 2.55. The van der Waals surface area contributed by atoms with Crippen LogP contribution in [0, 0.1) is 18.3 Å². The first-order valence-corrected chi connectivity index (χ1v) is 5.29. The van der Waals surface area contributed by atoms with Crippen molar-refractivity contribution in [2.45, 2.75) is 13.5 Å². The summed E-state index contributed by atoms with van der Waals surface area (Å²) < 4.78 is 9.83. The van der Waals surface area contributed by atoms with Gasteiger partial charge in [-0.25, -0.2) is 4.79 Å². The normalized spacial score (nSPS) is 9.78. The Hall–Kier alpha value is -2.61. The van der Waals surface area contributed by atoms with E-state index in [1.807, 2.05) is 6.07 Å². The van der Waals surface area contributed by atoms with Crippen molar-refractivity contribution >= 4 is 5.97 Å². The molecule has 0 saturated heterocycles. The molecule has 1 aromatic heterocycles. The number of ether oxygens (including phenoxy) is 1. The van der Waals surface area contributed by atoms with E-state index in [0.29, 0.717) is 16.8 Å². The summed E-state index contributed by atoms with van der Waals surface area (Å²) in [4.78, 5) is 11.6. The zero-order valence-electron chi connectivity index (χ0n) is 9.71. The van der Waals surface area contributed by atoms with Gasteiger partial charge in [0.15, 0.2) is 0 Å². The van der Waals surface area contributed by atoms with E-state index < -0.39 is 5.97 Å². The number of hydrogen-bond acceptors (Lipinski definition) is 5. The predicted octanol–water partition coefficient (Wildman–Crippen LogP) is 2.21. The number of carbonyl (C=O) groups excluding carboxylic acids is 1. The molecular weight excluding hydrogens is 232 g/mol. The molecule has 1 heterocycles. The molecule has 0 saturated carbocycles. The standard InChI is InChI=1S/C13H10N2O3/c1-9-6-12(18-15-9)13(16)17-8-11-5-3-2-4-10(11)7-14/h2-6H,8H2,1H3. The van der Waals surface area contributed by atoms with Crippen LogP contribution in [-0.4, -0.2) is 11.1 Å². The Morgan fingerprint density at radius 1 is 1.50 bits per heavy atom. The van der Waals surface area contributed by atoms with Gasteiger partial charge in [-0.2, -0.15) is 5.26 Å². The van der Waals surface area contributed by atoms with Gasteiger partial charge in [-0.15, -0.1) is 0 Å². The third-order valence-corrected chi connectivity index (χ3v) is 2.33. The Morgan fingerprint density at radius 2 is 2.28 bits per heavy atom. The maximum absolute atomic E-state index is 11.6. The zero-order valence-corrected chi connectivity index (χ0v) is 9.71. The van der Waals surface area contributed by atoms with Crippen LogP contribution >= 0.6 is 0 Å². The zero-order chi connectivity index (χ0) is 13.0. The molecule has 1 aromatic carbocycles. The first-order chi connectivity index (χ1) is 8.70. The van der Waals surface area contributed by atoms with Crippen molar-refractivity contribution in [3.63, 3.8) is 0 Å². The molecule has 90 valence electrons. The summed E-state index contributed by atoms with van der Waals surface area (Å²) in [6, 6.07) is 10.5.